The predicted octanol–water partition coefficient (Wildman–Crippen LogP) is 1.50. The van der Waals surface area contributed by atoms with Crippen molar-refractivity contribution in [3.05, 3.63) is 0 Å². The molecular weight excluding hydrogens is 228 g/mol. The van der Waals surface area contributed by atoms with Crippen LogP contribution in [0.25, 0.3) is 0 Å². The zero-order chi connectivity index (χ0) is 13.9. The summed E-state index contributed by atoms with van der Waals surface area (Å²) in [5, 5.41) is 3.33. The molecule has 0 aromatic heterocycles. The van der Waals surface area contributed by atoms with E-state index in [9.17, 15) is 4.79 Å². The fourth-order valence-corrected chi connectivity index (χ4v) is 2.69. The Morgan fingerprint density at radius 2 is 2.11 bits per heavy atom. The molecule has 1 fully saturated rings. The van der Waals surface area contributed by atoms with Crippen LogP contribution in [-0.4, -0.2) is 49.7 Å². The van der Waals surface area contributed by atoms with Gasteiger partial charge in [0.25, 0.3) is 0 Å². The van der Waals surface area contributed by atoms with Crippen LogP contribution in [0.2, 0.25) is 0 Å². The third-order valence-electron chi connectivity index (χ3n) is 3.65. The van der Waals surface area contributed by atoms with Crippen LogP contribution in [0.3, 0.4) is 0 Å². The number of carbonyl (C=O) groups excluding carboxylic acids is 1. The lowest BCUT2D eigenvalue weighted by molar-refractivity contribution is -0.149. The fourth-order valence-electron chi connectivity index (χ4n) is 2.69. The molecule has 0 bridgehead atoms. The van der Waals surface area contributed by atoms with Crippen LogP contribution >= 0.6 is 0 Å². The van der Waals surface area contributed by atoms with Crippen molar-refractivity contribution in [2.24, 2.45) is 11.8 Å². The maximum absolute atomic E-state index is 12.0. The molecule has 0 radical (unpaired) electrons. The summed E-state index contributed by atoms with van der Waals surface area (Å²) in [6, 6.07) is 0.252. The van der Waals surface area contributed by atoms with Gasteiger partial charge in [-0.3, -0.25) is 10.1 Å². The Labute approximate surface area is 111 Å². The minimum Gasteiger partial charge on any atom is -0.468 e. The van der Waals surface area contributed by atoms with Gasteiger partial charge in [0.15, 0.2) is 0 Å². The molecule has 4 nitrogen and oxygen atoms in total. The van der Waals surface area contributed by atoms with Crippen LogP contribution in [0.5, 0.6) is 0 Å². The molecule has 0 saturated heterocycles. The van der Waals surface area contributed by atoms with Gasteiger partial charge in [-0.2, -0.15) is 0 Å². The van der Waals surface area contributed by atoms with Crippen LogP contribution < -0.4 is 5.32 Å². The lowest BCUT2D eigenvalue weighted by atomic mass is 10.0. The molecule has 0 aromatic rings. The van der Waals surface area contributed by atoms with Crippen molar-refractivity contribution in [2.75, 3.05) is 27.2 Å². The van der Waals surface area contributed by atoms with E-state index < -0.39 is 5.54 Å². The summed E-state index contributed by atoms with van der Waals surface area (Å²) in [7, 11) is 3.53. The summed E-state index contributed by atoms with van der Waals surface area (Å²) in [4.78, 5) is 14.2. The highest BCUT2D eigenvalue weighted by Gasteiger charge is 2.38. The second-order valence-electron chi connectivity index (χ2n) is 6.29. The third-order valence-corrected chi connectivity index (χ3v) is 3.65. The summed E-state index contributed by atoms with van der Waals surface area (Å²) < 4.78 is 4.93. The van der Waals surface area contributed by atoms with Gasteiger partial charge in [-0.15, -0.1) is 0 Å². The molecule has 3 atom stereocenters. The number of hydrogen-bond acceptors (Lipinski definition) is 4. The molecule has 0 amide bonds. The summed E-state index contributed by atoms with van der Waals surface area (Å²) in [5.74, 6) is 1.46. The van der Waals surface area contributed by atoms with Crippen molar-refractivity contribution in [3.8, 4) is 0 Å². The zero-order valence-corrected chi connectivity index (χ0v) is 12.6. The first-order valence-electron chi connectivity index (χ1n) is 6.83. The van der Waals surface area contributed by atoms with Crippen LogP contribution in [-0.2, 0) is 9.53 Å². The van der Waals surface area contributed by atoms with Gasteiger partial charge >= 0.3 is 5.97 Å². The first-order valence-corrected chi connectivity index (χ1v) is 6.83. The van der Waals surface area contributed by atoms with Gasteiger partial charge in [-0.05, 0) is 46.1 Å². The van der Waals surface area contributed by atoms with Crippen molar-refractivity contribution in [2.45, 2.75) is 45.7 Å². The molecule has 1 N–H and O–H groups in total. The number of rotatable bonds is 7. The van der Waals surface area contributed by atoms with E-state index in [2.05, 4.69) is 24.2 Å². The number of methoxy groups -OCH3 is 1. The molecule has 1 aliphatic rings. The van der Waals surface area contributed by atoms with Crippen LogP contribution in [0.1, 0.15) is 34.1 Å². The topological polar surface area (TPSA) is 41.6 Å². The quantitative estimate of drug-likeness (QED) is 0.701. The molecule has 4 heteroatoms. The lowest BCUT2D eigenvalue weighted by Crippen LogP contribution is -2.59. The Morgan fingerprint density at radius 1 is 1.56 bits per heavy atom. The summed E-state index contributed by atoms with van der Waals surface area (Å²) >= 11 is 0. The normalized spacial score (nSPS) is 26.2. The Kier molecular flexibility index (Phi) is 5.17. The first-order chi connectivity index (χ1) is 8.28. The van der Waals surface area contributed by atoms with Crippen LogP contribution in [0.4, 0.5) is 0 Å². The maximum atomic E-state index is 12.0. The highest BCUT2D eigenvalue weighted by atomic mass is 16.5. The number of carbonyl (C=O) groups is 1. The first kappa shape index (κ1) is 15.4. The van der Waals surface area contributed by atoms with Gasteiger partial charge in [-0.25, -0.2) is 0 Å². The van der Waals surface area contributed by atoms with E-state index in [1.165, 1.54) is 13.5 Å². The van der Waals surface area contributed by atoms with Gasteiger partial charge in [0.1, 0.15) is 5.54 Å². The molecule has 1 saturated carbocycles. The molecule has 0 heterocycles. The molecule has 1 rings (SSSR count). The summed E-state index contributed by atoms with van der Waals surface area (Å²) in [6.07, 6.45) is 1.32. The Morgan fingerprint density at radius 3 is 2.50 bits per heavy atom. The van der Waals surface area contributed by atoms with Gasteiger partial charge in [0.05, 0.1) is 7.11 Å². The van der Waals surface area contributed by atoms with Crippen molar-refractivity contribution < 1.29 is 9.53 Å². The van der Waals surface area contributed by atoms with Crippen LogP contribution in [0.15, 0.2) is 0 Å². The van der Waals surface area contributed by atoms with Gasteiger partial charge in [0, 0.05) is 19.1 Å². The zero-order valence-electron chi connectivity index (χ0n) is 12.6. The SMILES string of the molecule is COC(=O)C(C)(CN(C)CC1CC1C)NC(C)C. The molecule has 0 aliphatic heterocycles. The summed E-state index contributed by atoms with van der Waals surface area (Å²) in [5.41, 5.74) is -0.629. The maximum Gasteiger partial charge on any atom is 0.327 e. The number of likely N-dealkylation sites (N-methyl/N-ethyl adjacent to an activating group) is 1. The van der Waals surface area contributed by atoms with Crippen LogP contribution in [0, 0.1) is 11.8 Å². The van der Waals surface area contributed by atoms with E-state index >= 15 is 0 Å². The van der Waals surface area contributed by atoms with Crippen molar-refractivity contribution in [3.63, 3.8) is 0 Å². The Bertz CT molecular complexity index is 294. The smallest absolute Gasteiger partial charge is 0.327 e. The lowest BCUT2D eigenvalue weighted by Gasteiger charge is -2.34. The second-order valence-corrected chi connectivity index (χ2v) is 6.29. The van der Waals surface area contributed by atoms with E-state index in [1.54, 1.807) is 0 Å². The number of hydrogen-bond donors (Lipinski definition) is 1. The molecular formula is C14H28N2O2. The molecule has 18 heavy (non-hydrogen) atoms. The van der Waals surface area contributed by atoms with Gasteiger partial charge < -0.3 is 9.64 Å². The van der Waals surface area contributed by atoms with E-state index in [1.807, 2.05) is 20.8 Å². The monoisotopic (exact) mass is 256 g/mol. The summed E-state index contributed by atoms with van der Waals surface area (Å²) in [6.45, 7) is 10.0. The second kappa shape index (κ2) is 6.02. The van der Waals surface area contributed by atoms with E-state index in [4.69, 9.17) is 4.74 Å². The van der Waals surface area contributed by atoms with Crippen molar-refractivity contribution >= 4 is 5.97 Å². The van der Waals surface area contributed by atoms with E-state index in [0.29, 0.717) is 6.54 Å². The minimum atomic E-state index is -0.629. The number of ether oxygens (including phenoxy) is 1. The molecule has 0 aromatic carbocycles. The number of nitrogens with one attached hydrogen (secondary N) is 1. The van der Waals surface area contributed by atoms with Gasteiger partial charge in [-0.1, -0.05) is 6.92 Å². The third kappa shape index (κ3) is 4.25. The van der Waals surface area contributed by atoms with E-state index in [0.717, 1.165) is 18.4 Å². The number of nitrogens with zero attached hydrogens (tertiary/aromatic N) is 1. The fraction of sp³-hybridized carbons (Fsp3) is 0.929. The average Bonchev–Trinajstić information content (AvgIpc) is 2.90. The molecule has 1 aliphatic carbocycles. The molecule has 0 spiro atoms. The molecule has 106 valence electrons. The number of esters is 1. The van der Waals surface area contributed by atoms with Gasteiger partial charge in [0.2, 0.25) is 0 Å². The van der Waals surface area contributed by atoms with E-state index in [-0.39, 0.29) is 12.0 Å². The van der Waals surface area contributed by atoms with Crippen molar-refractivity contribution in [1.29, 1.82) is 0 Å². The minimum absolute atomic E-state index is 0.188. The highest BCUT2D eigenvalue weighted by molar-refractivity contribution is 5.80. The Hall–Kier alpha value is -0.610. The Balaban J connectivity index is 2.56. The standard InChI is InChI=1S/C14H28N2O2/c1-10(2)15-14(4,13(17)18-6)9-16(5)8-12-7-11(12)3/h10-12,15H,7-9H2,1-6H3. The predicted molar refractivity (Wildman–Crippen MR) is 73.5 cm³/mol. The molecule has 3 unspecified atom stereocenters. The largest absolute Gasteiger partial charge is 0.468 e. The average molecular weight is 256 g/mol. The van der Waals surface area contributed by atoms with Crippen molar-refractivity contribution in [1.82, 2.24) is 10.2 Å². The highest BCUT2D eigenvalue weighted by Crippen LogP contribution is 2.38.